The number of ether oxygens (including phenoxy) is 1. The van der Waals surface area contributed by atoms with Crippen molar-refractivity contribution < 1.29 is 19.0 Å². The zero-order chi connectivity index (χ0) is 13.2. The van der Waals surface area contributed by atoms with Crippen molar-refractivity contribution in [3.63, 3.8) is 0 Å². The maximum atomic E-state index is 14.1. The van der Waals surface area contributed by atoms with Gasteiger partial charge in [-0.25, -0.2) is 4.39 Å². The van der Waals surface area contributed by atoms with Crippen LogP contribution in [-0.4, -0.2) is 18.2 Å². The van der Waals surface area contributed by atoms with Gasteiger partial charge in [0.2, 0.25) is 0 Å². The predicted molar refractivity (Wildman–Crippen MR) is 65.9 cm³/mol. The van der Waals surface area contributed by atoms with Gasteiger partial charge in [-0.05, 0) is 17.7 Å². The van der Waals surface area contributed by atoms with Gasteiger partial charge in [0.05, 0.1) is 13.5 Å². The fraction of sp³-hybridized carbons (Fsp3) is 0.417. The molecule has 0 amide bonds. The number of methoxy groups -OCH3 is 1. The van der Waals surface area contributed by atoms with Crippen molar-refractivity contribution >= 4 is 21.9 Å². The third kappa shape index (κ3) is 3.19. The number of hydrogen-bond donors (Lipinski definition) is 1. The number of rotatable bonds is 4. The maximum absolute atomic E-state index is 14.1. The molecule has 0 heterocycles. The lowest BCUT2D eigenvalue weighted by atomic mass is 9.81. The van der Waals surface area contributed by atoms with Gasteiger partial charge in [-0.3, -0.25) is 4.79 Å². The average molecular weight is 305 g/mol. The first-order valence-corrected chi connectivity index (χ1v) is 5.82. The third-order valence-electron chi connectivity index (χ3n) is 2.55. The van der Waals surface area contributed by atoms with E-state index in [1.54, 1.807) is 19.9 Å². The Kier molecular flexibility index (Phi) is 4.14. The van der Waals surface area contributed by atoms with E-state index in [2.05, 4.69) is 15.9 Å². The smallest absolute Gasteiger partial charge is 0.304 e. The minimum atomic E-state index is -0.964. The molecule has 0 saturated carbocycles. The van der Waals surface area contributed by atoms with Crippen LogP contribution in [0.5, 0.6) is 5.75 Å². The van der Waals surface area contributed by atoms with Crippen molar-refractivity contribution in [3.8, 4) is 5.75 Å². The Morgan fingerprint density at radius 2 is 2.12 bits per heavy atom. The van der Waals surface area contributed by atoms with Crippen LogP contribution in [0.2, 0.25) is 0 Å². The van der Waals surface area contributed by atoms with E-state index in [9.17, 15) is 9.18 Å². The van der Waals surface area contributed by atoms with Crippen molar-refractivity contribution in [1.29, 1.82) is 0 Å². The van der Waals surface area contributed by atoms with Crippen LogP contribution in [0.3, 0.4) is 0 Å². The first kappa shape index (κ1) is 14.0. The van der Waals surface area contributed by atoms with Crippen LogP contribution >= 0.6 is 15.9 Å². The van der Waals surface area contributed by atoms with E-state index >= 15 is 0 Å². The van der Waals surface area contributed by atoms with E-state index in [4.69, 9.17) is 9.84 Å². The van der Waals surface area contributed by atoms with E-state index in [1.165, 1.54) is 13.2 Å². The minimum absolute atomic E-state index is 0.104. The summed E-state index contributed by atoms with van der Waals surface area (Å²) in [4.78, 5) is 10.8. The molecule has 1 aromatic rings. The molecular weight excluding hydrogens is 291 g/mol. The Labute approximate surface area is 108 Å². The molecular formula is C12H14BrFO3. The topological polar surface area (TPSA) is 46.5 Å². The summed E-state index contributed by atoms with van der Waals surface area (Å²) in [5, 5.41) is 8.83. The lowest BCUT2D eigenvalue weighted by Gasteiger charge is -2.24. The molecule has 0 bridgehead atoms. The molecule has 0 spiro atoms. The van der Waals surface area contributed by atoms with E-state index in [-0.39, 0.29) is 12.2 Å². The molecule has 0 radical (unpaired) electrons. The quantitative estimate of drug-likeness (QED) is 0.928. The van der Waals surface area contributed by atoms with E-state index in [0.717, 1.165) is 0 Å². The molecule has 0 fully saturated rings. The Bertz CT molecular complexity index is 444. The fourth-order valence-electron chi connectivity index (χ4n) is 1.68. The van der Waals surface area contributed by atoms with Gasteiger partial charge in [-0.15, -0.1) is 0 Å². The minimum Gasteiger partial charge on any atom is -0.494 e. The maximum Gasteiger partial charge on any atom is 0.304 e. The Morgan fingerprint density at radius 1 is 1.53 bits per heavy atom. The molecule has 1 rings (SSSR count). The standard InChI is InChI=1S/C12H14BrFO3/c1-12(2,6-10(15)16)8-4-7(13)5-9(17-3)11(8)14/h4-5H,6H2,1-3H3,(H,15,16). The first-order valence-electron chi connectivity index (χ1n) is 5.03. The summed E-state index contributed by atoms with van der Waals surface area (Å²) in [7, 11) is 1.37. The average Bonchev–Trinajstić information content (AvgIpc) is 2.18. The van der Waals surface area contributed by atoms with Gasteiger partial charge >= 0.3 is 5.97 Å². The lowest BCUT2D eigenvalue weighted by molar-refractivity contribution is -0.138. The zero-order valence-electron chi connectivity index (χ0n) is 9.88. The molecule has 0 atom stereocenters. The van der Waals surface area contributed by atoms with E-state index < -0.39 is 17.2 Å². The van der Waals surface area contributed by atoms with Gasteiger partial charge in [0.1, 0.15) is 0 Å². The molecule has 1 aromatic carbocycles. The monoisotopic (exact) mass is 304 g/mol. The molecule has 0 aliphatic heterocycles. The highest BCUT2D eigenvalue weighted by atomic mass is 79.9. The molecule has 17 heavy (non-hydrogen) atoms. The fourth-order valence-corrected chi connectivity index (χ4v) is 2.12. The summed E-state index contributed by atoms with van der Waals surface area (Å²) in [6, 6.07) is 3.09. The van der Waals surface area contributed by atoms with Gasteiger partial charge in [-0.2, -0.15) is 0 Å². The number of carboxylic acids is 1. The van der Waals surface area contributed by atoms with Gasteiger partial charge in [0, 0.05) is 9.89 Å². The largest absolute Gasteiger partial charge is 0.494 e. The number of carbonyl (C=O) groups is 1. The molecule has 0 saturated heterocycles. The highest BCUT2D eigenvalue weighted by molar-refractivity contribution is 9.10. The van der Waals surface area contributed by atoms with Gasteiger partial charge in [0.15, 0.2) is 11.6 Å². The van der Waals surface area contributed by atoms with Crippen molar-refractivity contribution in [2.24, 2.45) is 0 Å². The summed E-state index contributed by atoms with van der Waals surface area (Å²) in [5.41, 5.74) is -0.474. The number of halogens is 2. The first-order chi connectivity index (χ1) is 7.77. The number of carboxylic acid groups (broad SMARTS) is 1. The molecule has 3 nitrogen and oxygen atoms in total. The second-order valence-corrected chi connectivity index (χ2v) is 5.34. The summed E-state index contributed by atoms with van der Waals surface area (Å²) in [5.74, 6) is -1.37. The lowest BCUT2D eigenvalue weighted by Crippen LogP contribution is -2.23. The third-order valence-corrected chi connectivity index (χ3v) is 3.00. The van der Waals surface area contributed by atoms with Crippen LogP contribution in [0.4, 0.5) is 4.39 Å². The summed E-state index contributed by atoms with van der Waals surface area (Å²) in [6.45, 7) is 3.37. The second-order valence-electron chi connectivity index (χ2n) is 4.42. The van der Waals surface area contributed by atoms with E-state index in [1.807, 2.05) is 0 Å². The number of benzene rings is 1. The van der Waals surface area contributed by atoms with Crippen molar-refractivity contribution in [2.45, 2.75) is 25.7 Å². The Balaban J connectivity index is 3.29. The Morgan fingerprint density at radius 3 is 2.59 bits per heavy atom. The van der Waals surface area contributed by atoms with Gasteiger partial charge < -0.3 is 9.84 Å². The predicted octanol–water partition coefficient (Wildman–Crippen LogP) is 3.35. The SMILES string of the molecule is COc1cc(Br)cc(C(C)(C)CC(=O)O)c1F. The highest BCUT2D eigenvalue weighted by Crippen LogP contribution is 2.35. The molecule has 94 valence electrons. The number of hydrogen-bond acceptors (Lipinski definition) is 2. The van der Waals surface area contributed by atoms with E-state index in [0.29, 0.717) is 10.0 Å². The summed E-state index contributed by atoms with van der Waals surface area (Å²) < 4.78 is 19.6. The summed E-state index contributed by atoms with van der Waals surface area (Å²) >= 11 is 3.25. The van der Waals surface area contributed by atoms with Crippen LogP contribution in [0.1, 0.15) is 25.8 Å². The highest BCUT2D eigenvalue weighted by Gasteiger charge is 2.29. The van der Waals surface area contributed by atoms with Crippen LogP contribution < -0.4 is 4.74 Å². The van der Waals surface area contributed by atoms with Crippen LogP contribution in [0, 0.1) is 5.82 Å². The van der Waals surface area contributed by atoms with Crippen molar-refractivity contribution in [2.75, 3.05) is 7.11 Å². The van der Waals surface area contributed by atoms with Gasteiger partial charge in [0.25, 0.3) is 0 Å². The summed E-state index contributed by atoms with van der Waals surface area (Å²) in [6.07, 6.45) is -0.149. The van der Waals surface area contributed by atoms with Crippen LogP contribution in [-0.2, 0) is 10.2 Å². The second kappa shape index (κ2) is 5.04. The van der Waals surface area contributed by atoms with Crippen molar-refractivity contribution in [1.82, 2.24) is 0 Å². The van der Waals surface area contributed by atoms with Crippen molar-refractivity contribution in [3.05, 3.63) is 28.0 Å². The van der Waals surface area contributed by atoms with Crippen LogP contribution in [0.25, 0.3) is 0 Å². The molecule has 1 N–H and O–H groups in total. The van der Waals surface area contributed by atoms with Crippen LogP contribution in [0.15, 0.2) is 16.6 Å². The molecule has 0 unspecified atom stereocenters. The molecule has 0 aromatic heterocycles. The van der Waals surface area contributed by atoms with Gasteiger partial charge in [-0.1, -0.05) is 29.8 Å². The Hall–Kier alpha value is -1.10. The molecule has 0 aliphatic rings. The number of aliphatic carboxylic acids is 1. The normalized spacial score (nSPS) is 11.4. The molecule has 5 heteroatoms. The zero-order valence-corrected chi connectivity index (χ0v) is 11.5. The molecule has 0 aliphatic carbocycles.